The molecule has 38 valence electrons. The summed E-state index contributed by atoms with van der Waals surface area (Å²) in [4.78, 5) is 0. The van der Waals surface area contributed by atoms with Crippen LogP contribution < -0.4 is 29.6 Å². The van der Waals surface area contributed by atoms with Gasteiger partial charge in [0.25, 0.3) is 0 Å². The normalized spacial score (nSPS) is 7.00. The standard InChI is InChI=1S/C4H10N2.Na.H/c1-2-3-4-6-5;;/h5H,2-4H2,1H3;;/q;+1;-1. The van der Waals surface area contributed by atoms with Gasteiger partial charge in [0.15, 0.2) is 0 Å². The fourth-order valence-electron chi connectivity index (χ4n) is 0.237. The van der Waals surface area contributed by atoms with E-state index < -0.39 is 0 Å². The Morgan fingerprint density at radius 3 is 2.43 bits per heavy atom. The molecular formula is C4H11N2Na. The van der Waals surface area contributed by atoms with Gasteiger partial charge in [0, 0.05) is 0 Å². The average Bonchev–Trinajstić information content (AvgIpc) is 1.61. The molecular weight excluding hydrogens is 99.0 g/mol. The summed E-state index contributed by atoms with van der Waals surface area (Å²) >= 11 is 0. The molecule has 0 fully saturated rings. The van der Waals surface area contributed by atoms with E-state index in [1.54, 1.807) is 0 Å². The molecule has 0 rings (SSSR count). The van der Waals surface area contributed by atoms with Gasteiger partial charge in [0.05, 0.1) is 6.54 Å². The maximum Gasteiger partial charge on any atom is 1.00 e. The molecule has 0 aliphatic carbocycles. The van der Waals surface area contributed by atoms with E-state index in [1.807, 2.05) is 0 Å². The SMILES string of the molecule is CCCCN=N.[H-].[Na+]. The fraction of sp³-hybridized carbons (Fsp3) is 1.00. The smallest absolute Gasteiger partial charge is 1.00 e. The Hall–Kier alpha value is 0.600. The van der Waals surface area contributed by atoms with Crippen LogP contribution in [0.25, 0.3) is 0 Å². The van der Waals surface area contributed by atoms with Crippen molar-refractivity contribution >= 4 is 0 Å². The Labute approximate surface area is 68.0 Å². The van der Waals surface area contributed by atoms with Gasteiger partial charge in [-0.05, 0) is 6.42 Å². The molecule has 0 aliphatic rings. The Morgan fingerprint density at radius 2 is 2.29 bits per heavy atom. The van der Waals surface area contributed by atoms with E-state index in [9.17, 15) is 0 Å². The van der Waals surface area contributed by atoms with Crippen LogP contribution in [-0.2, 0) is 0 Å². The van der Waals surface area contributed by atoms with Crippen LogP contribution in [0, 0.1) is 5.53 Å². The first-order valence-corrected chi connectivity index (χ1v) is 2.25. The molecule has 0 saturated heterocycles. The first-order valence-electron chi connectivity index (χ1n) is 2.25. The molecule has 0 heterocycles. The van der Waals surface area contributed by atoms with E-state index in [0.717, 1.165) is 12.8 Å². The van der Waals surface area contributed by atoms with Crippen molar-refractivity contribution in [2.75, 3.05) is 6.54 Å². The minimum absolute atomic E-state index is 0. The molecule has 2 nitrogen and oxygen atoms in total. The summed E-state index contributed by atoms with van der Waals surface area (Å²) in [5.41, 5.74) is 6.33. The number of rotatable bonds is 3. The summed E-state index contributed by atoms with van der Waals surface area (Å²) in [7, 11) is 0. The molecule has 0 aromatic carbocycles. The molecule has 0 aromatic heterocycles. The Kier molecular flexibility index (Phi) is 14.8. The van der Waals surface area contributed by atoms with Gasteiger partial charge in [-0.2, -0.15) is 5.11 Å². The van der Waals surface area contributed by atoms with Crippen molar-refractivity contribution in [2.24, 2.45) is 5.11 Å². The van der Waals surface area contributed by atoms with Gasteiger partial charge in [-0.15, -0.1) is 0 Å². The van der Waals surface area contributed by atoms with Gasteiger partial charge in [0.1, 0.15) is 0 Å². The van der Waals surface area contributed by atoms with Crippen molar-refractivity contribution in [3.05, 3.63) is 0 Å². The van der Waals surface area contributed by atoms with Crippen LogP contribution in [0.15, 0.2) is 5.11 Å². The summed E-state index contributed by atoms with van der Waals surface area (Å²) in [6.07, 6.45) is 2.20. The molecule has 0 aliphatic heterocycles. The van der Waals surface area contributed by atoms with E-state index in [4.69, 9.17) is 5.53 Å². The number of nitrogens with zero attached hydrogens (tertiary/aromatic N) is 1. The molecule has 0 amide bonds. The van der Waals surface area contributed by atoms with Gasteiger partial charge in [-0.25, -0.2) is 5.53 Å². The van der Waals surface area contributed by atoms with Crippen LogP contribution in [0.3, 0.4) is 0 Å². The number of unbranched alkanes of at least 4 members (excludes halogenated alkanes) is 1. The summed E-state index contributed by atoms with van der Waals surface area (Å²) in [6, 6.07) is 0. The van der Waals surface area contributed by atoms with Crippen LogP contribution in [-0.4, -0.2) is 6.54 Å². The molecule has 0 unspecified atom stereocenters. The maximum absolute atomic E-state index is 6.33. The monoisotopic (exact) mass is 110 g/mol. The Balaban J connectivity index is -0.000000125. The predicted octanol–water partition coefficient (Wildman–Crippen LogP) is -1.07. The quantitative estimate of drug-likeness (QED) is 0.273. The van der Waals surface area contributed by atoms with Crippen LogP contribution in [0.5, 0.6) is 0 Å². The van der Waals surface area contributed by atoms with Crippen molar-refractivity contribution in [1.29, 1.82) is 5.53 Å². The molecule has 0 atom stereocenters. The van der Waals surface area contributed by atoms with Gasteiger partial charge in [0.2, 0.25) is 0 Å². The molecule has 0 bridgehead atoms. The average molecular weight is 110 g/mol. The zero-order valence-corrected chi connectivity index (χ0v) is 7.07. The zero-order valence-electron chi connectivity index (χ0n) is 6.07. The molecule has 3 heteroatoms. The maximum atomic E-state index is 6.33. The first kappa shape index (κ1) is 10.6. The molecule has 0 aromatic rings. The second-order valence-corrected chi connectivity index (χ2v) is 1.24. The van der Waals surface area contributed by atoms with Crippen molar-refractivity contribution in [3.63, 3.8) is 0 Å². The Morgan fingerprint density at radius 1 is 1.71 bits per heavy atom. The van der Waals surface area contributed by atoms with Gasteiger partial charge in [-0.3, -0.25) is 0 Å². The van der Waals surface area contributed by atoms with E-state index in [0.29, 0.717) is 6.54 Å². The third kappa shape index (κ3) is 10.8. The second-order valence-electron chi connectivity index (χ2n) is 1.24. The molecule has 7 heavy (non-hydrogen) atoms. The molecule has 0 saturated carbocycles. The fourth-order valence-corrected chi connectivity index (χ4v) is 0.237. The number of nitrogens with one attached hydrogen (secondary N) is 1. The van der Waals surface area contributed by atoms with Gasteiger partial charge in [-0.1, -0.05) is 13.3 Å². The largest absolute Gasteiger partial charge is 1.00 e. The third-order valence-corrected chi connectivity index (χ3v) is 0.623. The van der Waals surface area contributed by atoms with E-state index in [2.05, 4.69) is 12.0 Å². The van der Waals surface area contributed by atoms with Gasteiger partial charge >= 0.3 is 29.6 Å². The van der Waals surface area contributed by atoms with E-state index in [-0.39, 0.29) is 31.0 Å². The second kappa shape index (κ2) is 9.78. The van der Waals surface area contributed by atoms with E-state index in [1.165, 1.54) is 0 Å². The zero-order chi connectivity index (χ0) is 4.83. The number of hydrogen-bond acceptors (Lipinski definition) is 2. The minimum atomic E-state index is 0. The summed E-state index contributed by atoms with van der Waals surface area (Å²) in [5.74, 6) is 0. The van der Waals surface area contributed by atoms with Crippen LogP contribution in [0.1, 0.15) is 21.2 Å². The summed E-state index contributed by atoms with van der Waals surface area (Å²) in [5, 5.41) is 3.18. The topological polar surface area (TPSA) is 36.2 Å². The third-order valence-electron chi connectivity index (χ3n) is 0.623. The van der Waals surface area contributed by atoms with Gasteiger partial charge < -0.3 is 1.43 Å². The minimum Gasteiger partial charge on any atom is -1.00 e. The van der Waals surface area contributed by atoms with Crippen molar-refractivity contribution in [3.8, 4) is 0 Å². The summed E-state index contributed by atoms with van der Waals surface area (Å²) < 4.78 is 0. The first-order chi connectivity index (χ1) is 2.91. The van der Waals surface area contributed by atoms with Crippen molar-refractivity contribution < 1.29 is 31.0 Å². The molecule has 0 radical (unpaired) electrons. The van der Waals surface area contributed by atoms with Crippen LogP contribution >= 0.6 is 0 Å². The summed E-state index contributed by atoms with van der Waals surface area (Å²) in [6.45, 7) is 2.79. The number of hydrogen-bond donors (Lipinski definition) is 1. The van der Waals surface area contributed by atoms with Crippen molar-refractivity contribution in [2.45, 2.75) is 19.8 Å². The Bertz CT molecular complexity index is 43.0. The van der Waals surface area contributed by atoms with Crippen LogP contribution in [0.2, 0.25) is 0 Å². The van der Waals surface area contributed by atoms with Crippen LogP contribution in [0.4, 0.5) is 0 Å². The predicted molar refractivity (Wildman–Crippen MR) is 26.0 cm³/mol. The van der Waals surface area contributed by atoms with E-state index >= 15 is 0 Å². The van der Waals surface area contributed by atoms with Crippen molar-refractivity contribution in [1.82, 2.24) is 0 Å². The molecule has 1 N–H and O–H groups in total. The molecule has 0 spiro atoms.